The predicted molar refractivity (Wildman–Crippen MR) is 47.2 cm³/mol. The monoisotopic (exact) mass is 184 g/mol. The highest BCUT2D eigenvalue weighted by Crippen LogP contribution is 2.45. The molecular formula is C10H16O3. The first kappa shape index (κ1) is 9.00. The van der Waals surface area contributed by atoms with Gasteiger partial charge < -0.3 is 10.2 Å². The predicted octanol–water partition coefficient (Wildman–Crippen LogP) is 1.26. The number of aliphatic hydroxyl groups is 1. The first-order valence-electron chi connectivity index (χ1n) is 5.07. The fourth-order valence-electron chi connectivity index (χ4n) is 2.93. The number of carboxylic acid groups (broad SMARTS) is 1. The topological polar surface area (TPSA) is 57.5 Å². The van der Waals surface area contributed by atoms with E-state index in [-0.39, 0.29) is 12.0 Å². The maximum atomic E-state index is 10.8. The van der Waals surface area contributed by atoms with Crippen LogP contribution in [0.15, 0.2) is 0 Å². The van der Waals surface area contributed by atoms with Crippen LogP contribution >= 0.6 is 0 Å². The van der Waals surface area contributed by atoms with Crippen molar-refractivity contribution in [3.05, 3.63) is 0 Å². The van der Waals surface area contributed by atoms with Crippen LogP contribution in [0, 0.1) is 17.8 Å². The van der Waals surface area contributed by atoms with Gasteiger partial charge in [0.15, 0.2) is 0 Å². The molecule has 2 fully saturated rings. The van der Waals surface area contributed by atoms with Crippen molar-refractivity contribution >= 4 is 5.97 Å². The van der Waals surface area contributed by atoms with Gasteiger partial charge >= 0.3 is 5.97 Å². The second kappa shape index (κ2) is 3.29. The number of fused-ring (bicyclic) bond motifs is 1. The van der Waals surface area contributed by atoms with Gasteiger partial charge in [-0.3, -0.25) is 4.79 Å². The Bertz CT molecular complexity index is 214. The Morgan fingerprint density at radius 3 is 2.46 bits per heavy atom. The second-order valence-electron chi connectivity index (χ2n) is 4.49. The van der Waals surface area contributed by atoms with Crippen LogP contribution in [0.1, 0.15) is 32.1 Å². The summed E-state index contributed by atoms with van der Waals surface area (Å²) in [6, 6.07) is 0. The summed E-state index contributed by atoms with van der Waals surface area (Å²) in [6.45, 7) is 0. The molecule has 2 rings (SSSR count). The van der Waals surface area contributed by atoms with Crippen LogP contribution in [0.3, 0.4) is 0 Å². The van der Waals surface area contributed by atoms with Crippen LogP contribution in [0.4, 0.5) is 0 Å². The maximum absolute atomic E-state index is 10.8. The molecule has 2 N–H and O–H groups in total. The van der Waals surface area contributed by atoms with Gasteiger partial charge in [0.2, 0.25) is 0 Å². The minimum absolute atomic E-state index is 0.139. The van der Waals surface area contributed by atoms with Crippen LogP contribution in [0.5, 0.6) is 0 Å². The molecular weight excluding hydrogens is 168 g/mol. The van der Waals surface area contributed by atoms with Crippen molar-refractivity contribution in [1.82, 2.24) is 0 Å². The summed E-state index contributed by atoms with van der Waals surface area (Å²) < 4.78 is 0. The van der Waals surface area contributed by atoms with E-state index < -0.39 is 5.97 Å². The Labute approximate surface area is 77.8 Å². The van der Waals surface area contributed by atoms with E-state index in [9.17, 15) is 9.90 Å². The summed E-state index contributed by atoms with van der Waals surface area (Å²) >= 11 is 0. The van der Waals surface area contributed by atoms with E-state index in [1.54, 1.807) is 0 Å². The Morgan fingerprint density at radius 1 is 1.08 bits per heavy atom. The SMILES string of the molecule is O=C(O)[C@H]1C[C@H]2C[C@H](O)CC[C@H]2C1. The van der Waals surface area contributed by atoms with Crippen LogP contribution in [-0.4, -0.2) is 22.3 Å². The molecule has 0 radical (unpaired) electrons. The fraction of sp³-hybridized carbons (Fsp3) is 0.900. The average molecular weight is 184 g/mol. The Balaban J connectivity index is 1.98. The fourth-order valence-corrected chi connectivity index (χ4v) is 2.93. The van der Waals surface area contributed by atoms with Crippen LogP contribution < -0.4 is 0 Å². The van der Waals surface area contributed by atoms with Crippen molar-refractivity contribution in [2.75, 3.05) is 0 Å². The van der Waals surface area contributed by atoms with Gasteiger partial charge in [-0.15, -0.1) is 0 Å². The molecule has 0 unspecified atom stereocenters. The molecule has 13 heavy (non-hydrogen) atoms. The zero-order valence-electron chi connectivity index (χ0n) is 7.65. The molecule has 0 saturated heterocycles. The summed E-state index contributed by atoms with van der Waals surface area (Å²) in [5.74, 6) is 0.263. The Kier molecular flexibility index (Phi) is 2.28. The summed E-state index contributed by atoms with van der Waals surface area (Å²) in [5.41, 5.74) is 0. The summed E-state index contributed by atoms with van der Waals surface area (Å²) in [6.07, 6.45) is 4.18. The molecule has 0 aromatic carbocycles. The molecule has 4 atom stereocenters. The number of hydrogen-bond acceptors (Lipinski definition) is 2. The number of aliphatic hydroxyl groups excluding tert-OH is 1. The van der Waals surface area contributed by atoms with Gasteiger partial charge in [-0.1, -0.05) is 0 Å². The molecule has 0 spiro atoms. The summed E-state index contributed by atoms with van der Waals surface area (Å²) in [4.78, 5) is 10.8. The lowest BCUT2D eigenvalue weighted by Crippen LogP contribution is -2.23. The molecule has 0 heterocycles. The normalized spacial score (nSPS) is 44.4. The largest absolute Gasteiger partial charge is 0.481 e. The van der Waals surface area contributed by atoms with E-state index in [1.807, 2.05) is 0 Å². The van der Waals surface area contributed by atoms with Gasteiger partial charge in [0.1, 0.15) is 0 Å². The lowest BCUT2D eigenvalue weighted by atomic mass is 9.80. The third-order valence-corrected chi connectivity index (χ3v) is 3.64. The maximum Gasteiger partial charge on any atom is 0.306 e. The van der Waals surface area contributed by atoms with E-state index in [0.29, 0.717) is 11.8 Å². The highest BCUT2D eigenvalue weighted by molar-refractivity contribution is 5.70. The van der Waals surface area contributed by atoms with Crippen molar-refractivity contribution in [3.63, 3.8) is 0 Å². The average Bonchev–Trinajstić information content (AvgIpc) is 2.46. The minimum atomic E-state index is -0.649. The van der Waals surface area contributed by atoms with Crippen LogP contribution in [-0.2, 0) is 4.79 Å². The third-order valence-electron chi connectivity index (χ3n) is 3.64. The smallest absolute Gasteiger partial charge is 0.306 e. The molecule has 74 valence electrons. The molecule has 0 aromatic rings. The van der Waals surface area contributed by atoms with Crippen molar-refractivity contribution in [1.29, 1.82) is 0 Å². The molecule has 2 saturated carbocycles. The van der Waals surface area contributed by atoms with Crippen molar-refractivity contribution in [3.8, 4) is 0 Å². The number of aliphatic carboxylic acids is 1. The van der Waals surface area contributed by atoms with Crippen LogP contribution in [0.2, 0.25) is 0 Å². The van der Waals surface area contributed by atoms with Gasteiger partial charge in [0.25, 0.3) is 0 Å². The molecule has 3 heteroatoms. The van der Waals surface area contributed by atoms with Gasteiger partial charge in [-0.05, 0) is 43.9 Å². The van der Waals surface area contributed by atoms with Crippen molar-refractivity contribution in [2.24, 2.45) is 17.8 Å². The lowest BCUT2D eigenvalue weighted by molar-refractivity contribution is -0.141. The first-order valence-corrected chi connectivity index (χ1v) is 5.07. The zero-order chi connectivity index (χ0) is 9.42. The van der Waals surface area contributed by atoms with Crippen molar-refractivity contribution < 1.29 is 15.0 Å². The molecule has 2 aliphatic rings. The van der Waals surface area contributed by atoms with Crippen LogP contribution in [0.25, 0.3) is 0 Å². The minimum Gasteiger partial charge on any atom is -0.481 e. The van der Waals surface area contributed by atoms with E-state index in [2.05, 4.69) is 0 Å². The van der Waals surface area contributed by atoms with Gasteiger partial charge in [0, 0.05) is 0 Å². The highest BCUT2D eigenvalue weighted by atomic mass is 16.4. The van der Waals surface area contributed by atoms with E-state index in [4.69, 9.17) is 5.11 Å². The van der Waals surface area contributed by atoms with Crippen molar-refractivity contribution in [2.45, 2.75) is 38.2 Å². The number of rotatable bonds is 1. The lowest BCUT2D eigenvalue weighted by Gasteiger charge is -2.28. The van der Waals surface area contributed by atoms with E-state index in [1.165, 1.54) is 0 Å². The highest BCUT2D eigenvalue weighted by Gasteiger charge is 2.40. The first-order chi connectivity index (χ1) is 6.16. The molecule has 0 aromatic heterocycles. The van der Waals surface area contributed by atoms with E-state index >= 15 is 0 Å². The Hall–Kier alpha value is -0.570. The molecule has 0 bridgehead atoms. The second-order valence-corrected chi connectivity index (χ2v) is 4.49. The third kappa shape index (κ3) is 1.70. The zero-order valence-corrected chi connectivity index (χ0v) is 7.65. The Morgan fingerprint density at radius 2 is 1.77 bits per heavy atom. The van der Waals surface area contributed by atoms with E-state index in [0.717, 1.165) is 32.1 Å². The molecule has 2 aliphatic carbocycles. The summed E-state index contributed by atoms with van der Waals surface area (Å²) in [7, 11) is 0. The number of carboxylic acids is 1. The summed E-state index contributed by atoms with van der Waals surface area (Å²) in [5, 5.41) is 18.3. The number of carbonyl (C=O) groups is 1. The number of hydrogen-bond donors (Lipinski definition) is 2. The van der Waals surface area contributed by atoms with Gasteiger partial charge in [-0.2, -0.15) is 0 Å². The molecule has 3 nitrogen and oxygen atoms in total. The standard InChI is InChI=1S/C10H16O3/c11-9-2-1-6-3-8(10(12)13)4-7(6)5-9/h6-9,11H,1-5H2,(H,12,13)/t6-,7-,8+,9+/m0/s1. The van der Waals surface area contributed by atoms with Gasteiger partial charge in [0.05, 0.1) is 12.0 Å². The molecule has 0 amide bonds. The quantitative estimate of drug-likeness (QED) is 0.645. The van der Waals surface area contributed by atoms with Gasteiger partial charge in [-0.25, -0.2) is 0 Å². The molecule has 0 aliphatic heterocycles.